The van der Waals surface area contributed by atoms with Gasteiger partial charge in [0, 0.05) is 18.2 Å². The monoisotopic (exact) mass is 249 g/mol. The summed E-state index contributed by atoms with van der Waals surface area (Å²) >= 11 is 0. The van der Waals surface area contributed by atoms with E-state index < -0.39 is 0 Å². The van der Waals surface area contributed by atoms with Crippen LogP contribution in [0.2, 0.25) is 0 Å². The van der Waals surface area contributed by atoms with Gasteiger partial charge >= 0.3 is 0 Å². The summed E-state index contributed by atoms with van der Waals surface area (Å²) in [6, 6.07) is 5.42. The lowest BCUT2D eigenvalue weighted by Gasteiger charge is -2.18. The second kappa shape index (κ2) is 4.78. The first-order valence-corrected chi connectivity index (χ1v) is 6.61. The molecule has 1 saturated carbocycles. The maximum absolute atomic E-state index is 9.79. The van der Waals surface area contributed by atoms with E-state index >= 15 is 0 Å². The van der Waals surface area contributed by atoms with Crippen LogP contribution in [0.4, 0.5) is 0 Å². The summed E-state index contributed by atoms with van der Waals surface area (Å²) in [4.78, 5) is 0. The van der Waals surface area contributed by atoms with Gasteiger partial charge in [0.25, 0.3) is 0 Å². The smallest absolute Gasteiger partial charge is 0.127 e. The lowest BCUT2D eigenvalue weighted by molar-refractivity contribution is 0.129. The molecule has 18 heavy (non-hydrogen) atoms. The van der Waals surface area contributed by atoms with Gasteiger partial charge in [-0.15, -0.1) is 0 Å². The van der Waals surface area contributed by atoms with Crippen LogP contribution in [-0.2, 0) is 0 Å². The molecule has 98 valence electrons. The summed E-state index contributed by atoms with van der Waals surface area (Å²) < 4.78 is 5.55. The summed E-state index contributed by atoms with van der Waals surface area (Å²) in [5.74, 6) is 1.37. The molecular formula is C14H19NO3. The molecule has 0 saturated heterocycles. The van der Waals surface area contributed by atoms with E-state index in [2.05, 4.69) is 5.32 Å². The number of hydrogen-bond donors (Lipinski definition) is 3. The fourth-order valence-electron chi connectivity index (χ4n) is 2.92. The molecule has 1 aromatic rings. The second-order valence-electron chi connectivity index (χ2n) is 5.25. The van der Waals surface area contributed by atoms with E-state index in [1.807, 2.05) is 6.07 Å². The number of nitrogens with one attached hydrogen (secondary N) is 1. The number of aromatic hydroxyl groups is 1. The summed E-state index contributed by atoms with van der Waals surface area (Å²) in [5.41, 5.74) is 1.10. The van der Waals surface area contributed by atoms with Gasteiger partial charge in [0.15, 0.2) is 0 Å². The molecule has 1 aliphatic carbocycles. The standard InChI is InChI=1S/C14H19NO3/c16-10-4-5-11-12(8-18-14(11)6-10)15-7-9-2-1-3-13(9)17/h4-6,9,12-13,15-17H,1-3,7-8H2. The van der Waals surface area contributed by atoms with Crippen molar-refractivity contribution < 1.29 is 14.9 Å². The van der Waals surface area contributed by atoms with Crippen LogP contribution >= 0.6 is 0 Å². The number of benzene rings is 1. The molecule has 3 atom stereocenters. The van der Waals surface area contributed by atoms with Gasteiger partial charge in [-0.3, -0.25) is 0 Å². The van der Waals surface area contributed by atoms with Gasteiger partial charge in [0.05, 0.1) is 12.1 Å². The Balaban J connectivity index is 1.62. The normalized spacial score (nSPS) is 30.2. The number of rotatable bonds is 3. The highest BCUT2D eigenvalue weighted by Gasteiger charge is 2.28. The highest BCUT2D eigenvalue weighted by Crippen LogP contribution is 2.35. The lowest BCUT2D eigenvalue weighted by Crippen LogP contribution is -2.31. The third-order valence-electron chi connectivity index (χ3n) is 4.02. The minimum atomic E-state index is -0.154. The van der Waals surface area contributed by atoms with Gasteiger partial charge in [0.1, 0.15) is 18.1 Å². The molecular weight excluding hydrogens is 230 g/mol. The van der Waals surface area contributed by atoms with Crippen molar-refractivity contribution in [2.24, 2.45) is 5.92 Å². The number of phenols is 1. The number of ether oxygens (including phenoxy) is 1. The summed E-state index contributed by atoms with van der Waals surface area (Å²) in [5, 5.41) is 22.6. The molecule has 0 aromatic heterocycles. The minimum absolute atomic E-state index is 0.154. The average Bonchev–Trinajstić information content (AvgIpc) is 2.93. The fourth-order valence-corrected chi connectivity index (χ4v) is 2.92. The van der Waals surface area contributed by atoms with Crippen molar-refractivity contribution in [3.05, 3.63) is 23.8 Å². The van der Waals surface area contributed by atoms with Crippen LogP contribution in [0, 0.1) is 5.92 Å². The predicted molar refractivity (Wildman–Crippen MR) is 67.7 cm³/mol. The van der Waals surface area contributed by atoms with Crippen molar-refractivity contribution in [1.29, 1.82) is 0 Å². The molecule has 1 fully saturated rings. The van der Waals surface area contributed by atoms with Gasteiger partial charge in [-0.2, -0.15) is 0 Å². The first-order chi connectivity index (χ1) is 8.74. The molecule has 4 nitrogen and oxygen atoms in total. The van der Waals surface area contributed by atoms with Gasteiger partial charge in [0.2, 0.25) is 0 Å². The molecule has 3 N–H and O–H groups in total. The van der Waals surface area contributed by atoms with E-state index in [0.717, 1.165) is 37.1 Å². The zero-order valence-corrected chi connectivity index (χ0v) is 10.3. The molecule has 3 rings (SSSR count). The molecule has 1 aliphatic heterocycles. The van der Waals surface area contributed by atoms with Crippen LogP contribution in [0.5, 0.6) is 11.5 Å². The van der Waals surface area contributed by atoms with Crippen molar-refractivity contribution in [2.75, 3.05) is 13.2 Å². The number of fused-ring (bicyclic) bond motifs is 1. The Morgan fingerprint density at radius 2 is 2.22 bits per heavy atom. The van der Waals surface area contributed by atoms with Crippen LogP contribution in [0.25, 0.3) is 0 Å². The number of aliphatic hydroxyl groups is 1. The molecule has 2 aliphatic rings. The highest BCUT2D eigenvalue weighted by atomic mass is 16.5. The summed E-state index contributed by atoms with van der Waals surface area (Å²) in [6.07, 6.45) is 3.00. The van der Waals surface area contributed by atoms with E-state index in [-0.39, 0.29) is 17.9 Å². The van der Waals surface area contributed by atoms with Crippen molar-refractivity contribution in [3.8, 4) is 11.5 Å². The first kappa shape index (κ1) is 11.8. The number of hydrogen-bond acceptors (Lipinski definition) is 4. The van der Waals surface area contributed by atoms with E-state index in [9.17, 15) is 10.2 Å². The molecule has 3 unspecified atom stereocenters. The quantitative estimate of drug-likeness (QED) is 0.761. The SMILES string of the molecule is Oc1ccc2c(c1)OCC2NCC1CCCC1O. The zero-order valence-electron chi connectivity index (χ0n) is 10.3. The molecule has 1 heterocycles. The Hall–Kier alpha value is -1.26. The van der Waals surface area contributed by atoms with E-state index in [4.69, 9.17) is 4.74 Å². The van der Waals surface area contributed by atoms with Crippen LogP contribution in [0.3, 0.4) is 0 Å². The summed E-state index contributed by atoms with van der Waals surface area (Å²) in [7, 11) is 0. The van der Waals surface area contributed by atoms with E-state index in [0.29, 0.717) is 12.5 Å². The average molecular weight is 249 g/mol. The Kier molecular flexibility index (Phi) is 3.14. The Bertz CT molecular complexity index is 435. The Labute approximate surface area is 107 Å². The van der Waals surface area contributed by atoms with Crippen molar-refractivity contribution >= 4 is 0 Å². The predicted octanol–water partition coefficient (Wildman–Crippen LogP) is 1.58. The van der Waals surface area contributed by atoms with Crippen LogP contribution < -0.4 is 10.1 Å². The van der Waals surface area contributed by atoms with Gasteiger partial charge in [-0.1, -0.05) is 6.42 Å². The molecule has 0 amide bonds. The lowest BCUT2D eigenvalue weighted by atomic mass is 10.0. The van der Waals surface area contributed by atoms with Crippen molar-refractivity contribution in [1.82, 2.24) is 5.32 Å². The Morgan fingerprint density at radius 3 is 3.00 bits per heavy atom. The maximum atomic E-state index is 9.79. The number of aliphatic hydroxyl groups excluding tert-OH is 1. The fraction of sp³-hybridized carbons (Fsp3) is 0.571. The molecule has 4 heteroatoms. The topological polar surface area (TPSA) is 61.7 Å². The molecule has 0 spiro atoms. The zero-order chi connectivity index (χ0) is 12.5. The van der Waals surface area contributed by atoms with Gasteiger partial charge < -0.3 is 20.3 Å². The van der Waals surface area contributed by atoms with Crippen molar-refractivity contribution in [2.45, 2.75) is 31.4 Å². The molecule has 0 radical (unpaired) electrons. The second-order valence-corrected chi connectivity index (χ2v) is 5.25. The Morgan fingerprint density at radius 1 is 1.33 bits per heavy atom. The van der Waals surface area contributed by atoms with E-state index in [1.165, 1.54) is 0 Å². The first-order valence-electron chi connectivity index (χ1n) is 6.61. The van der Waals surface area contributed by atoms with Crippen LogP contribution in [0.15, 0.2) is 18.2 Å². The summed E-state index contributed by atoms with van der Waals surface area (Å²) in [6.45, 7) is 1.43. The third kappa shape index (κ3) is 2.18. The molecule has 1 aromatic carbocycles. The largest absolute Gasteiger partial charge is 0.508 e. The van der Waals surface area contributed by atoms with Gasteiger partial charge in [-0.05, 0) is 30.9 Å². The number of phenolic OH excluding ortho intramolecular Hbond substituents is 1. The van der Waals surface area contributed by atoms with Crippen LogP contribution in [0.1, 0.15) is 30.9 Å². The van der Waals surface area contributed by atoms with E-state index in [1.54, 1.807) is 12.1 Å². The highest BCUT2D eigenvalue weighted by molar-refractivity contribution is 5.44. The van der Waals surface area contributed by atoms with Crippen LogP contribution in [-0.4, -0.2) is 29.5 Å². The third-order valence-corrected chi connectivity index (χ3v) is 4.02. The maximum Gasteiger partial charge on any atom is 0.127 e. The van der Waals surface area contributed by atoms with Gasteiger partial charge in [-0.25, -0.2) is 0 Å². The van der Waals surface area contributed by atoms with Crippen molar-refractivity contribution in [3.63, 3.8) is 0 Å². The minimum Gasteiger partial charge on any atom is -0.508 e. The molecule has 0 bridgehead atoms.